The molecule has 3 heteroatoms. The molecule has 2 N–H and O–H groups in total. The maximum Gasteiger partial charge on any atom is 0.0781 e. The lowest BCUT2D eigenvalue weighted by Crippen LogP contribution is -2.19. The van der Waals surface area contributed by atoms with Gasteiger partial charge in [-0.2, -0.15) is 0 Å². The van der Waals surface area contributed by atoms with Crippen LogP contribution in [0.25, 0.3) is 0 Å². The Morgan fingerprint density at radius 2 is 2.31 bits per heavy atom. The molecule has 0 spiro atoms. The summed E-state index contributed by atoms with van der Waals surface area (Å²) in [5.41, 5.74) is 1.95. The Morgan fingerprint density at radius 3 is 3.00 bits per heavy atom. The van der Waals surface area contributed by atoms with E-state index >= 15 is 0 Å². The summed E-state index contributed by atoms with van der Waals surface area (Å²) in [5, 5.41) is 13.0. The summed E-state index contributed by atoms with van der Waals surface area (Å²) < 4.78 is 5.55. The summed E-state index contributed by atoms with van der Waals surface area (Å²) >= 11 is 0. The molecule has 0 aliphatic carbocycles. The lowest BCUT2D eigenvalue weighted by Gasteiger charge is -2.16. The Morgan fingerprint density at radius 1 is 1.50 bits per heavy atom. The minimum Gasteiger partial charge on any atom is -0.389 e. The molecule has 2 rings (SSSR count). The van der Waals surface area contributed by atoms with Gasteiger partial charge in [0.25, 0.3) is 0 Å². The lowest BCUT2D eigenvalue weighted by atomic mass is 10.1. The van der Waals surface area contributed by atoms with Gasteiger partial charge in [-0.3, -0.25) is 0 Å². The summed E-state index contributed by atoms with van der Waals surface area (Å²) in [6.45, 7) is 3.49. The van der Waals surface area contributed by atoms with Gasteiger partial charge in [0.2, 0.25) is 0 Å². The molecule has 2 atom stereocenters. The number of aliphatic hydroxyl groups is 1. The smallest absolute Gasteiger partial charge is 0.0781 e. The van der Waals surface area contributed by atoms with Crippen molar-refractivity contribution in [1.82, 2.24) is 0 Å². The number of ether oxygens (including phenoxy) is 1. The molecule has 2 unspecified atom stereocenters. The molecule has 1 aliphatic heterocycles. The number of hydrogen-bond donors (Lipinski definition) is 2. The quantitative estimate of drug-likeness (QED) is 0.820. The fourth-order valence-corrected chi connectivity index (χ4v) is 2.05. The maximum atomic E-state index is 9.63. The average Bonchev–Trinajstić information content (AvgIpc) is 2.79. The monoisotopic (exact) mass is 221 g/mol. The van der Waals surface area contributed by atoms with Crippen molar-refractivity contribution in [2.75, 3.05) is 18.5 Å². The molecule has 1 aromatic carbocycles. The minimum absolute atomic E-state index is 0.321. The van der Waals surface area contributed by atoms with E-state index in [9.17, 15) is 5.11 Å². The molecule has 0 bridgehead atoms. The molecule has 1 aliphatic rings. The summed E-state index contributed by atoms with van der Waals surface area (Å²) in [5.74, 6) is 0. The molecule has 1 aromatic rings. The van der Waals surface area contributed by atoms with Crippen molar-refractivity contribution in [3.8, 4) is 0 Å². The van der Waals surface area contributed by atoms with Gasteiger partial charge in [-0.1, -0.05) is 18.2 Å². The van der Waals surface area contributed by atoms with Crippen LogP contribution in [0.15, 0.2) is 24.3 Å². The number of benzene rings is 1. The van der Waals surface area contributed by atoms with Crippen molar-refractivity contribution < 1.29 is 9.84 Å². The first-order valence-corrected chi connectivity index (χ1v) is 5.90. The highest BCUT2D eigenvalue weighted by Crippen LogP contribution is 2.23. The molecular weight excluding hydrogens is 202 g/mol. The van der Waals surface area contributed by atoms with Crippen molar-refractivity contribution >= 4 is 5.69 Å². The molecule has 1 fully saturated rings. The van der Waals surface area contributed by atoms with Crippen LogP contribution in [-0.4, -0.2) is 24.4 Å². The number of aliphatic hydroxyl groups excluding tert-OH is 1. The molecule has 16 heavy (non-hydrogen) atoms. The number of nitrogens with one attached hydrogen (secondary N) is 1. The average molecular weight is 221 g/mol. The minimum atomic E-state index is -0.437. The zero-order chi connectivity index (χ0) is 11.4. The molecule has 1 saturated heterocycles. The summed E-state index contributed by atoms with van der Waals surface area (Å²) in [6.07, 6.45) is 2.17. The predicted molar refractivity (Wildman–Crippen MR) is 64.5 cm³/mol. The molecule has 0 radical (unpaired) electrons. The van der Waals surface area contributed by atoms with Gasteiger partial charge < -0.3 is 15.2 Å². The van der Waals surface area contributed by atoms with Crippen LogP contribution in [0.4, 0.5) is 5.69 Å². The fraction of sp³-hybridized carbons (Fsp3) is 0.538. The summed E-state index contributed by atoms with van der Waals surface area (Å²) in [7, 11) is 0. The Labute approximate surface area is 96.4 Å². The summed E-state index contributed by atoms with van der Waals surface area (Å²) in [6, 6.07) is 7.86. The second-order valence-corrected chi connectivity index (χ2v) is 4.28. The molecule has 3 nitrogen and oxygen atoms in total. The molecule has 0 saturated carbocycles. The number of rotatable bonds is 4. The van der Waals surface area contributed by atoms with Crippen LogP contribution in [0.3, 0.4) is 0 Å². The van der Waals surface area contributed by atoms with E-state index in [2.05, 4.69) is 5.32 Å². The van der Waals surface area contributed by atoms with E-state index in [-0.39, 0.29) is 0 Å². The van der Waals surface area contributed by atoms with Crippen molar-refractivity contribution in [1.29, 1.82) is 0 Å². The highest BCUT2D eigenvalue weighted by atomic mass is 16.5. The second-order valence-electron chi connectivity index (χ2n) is 4.28. The molecule has 0 amide bonds. The van der Waals surface area contributed by atoms with E-state index in [0.717, 1.165) is 37.2 Å². The maximum absolute atomic E-state index is 9.63. The molecule has 88 valence electrons. The van der Waals surface area contributed by atoms with Crippen LogP contribution < -0.4 is 5.32 Å². The fourth-order valence-electron chi connectivity index (χ4n) is 2.05. The van der Waals surface area contributed by atoms with Crippen molar-refractivity contribution in [3.05, 3.63) is 29.8 Å². The van der Waals surface area contributed by atoms with E-state index in [1.807, 2.05) is 24.3 Å². The van der Waals surface area contributed by atoms with Gasteiger partial charge in [0.05, 0.1) is 12.2 Å². The van der Waals surface area contributed by atoms with E-state index in [1.54, 1.807) is 6.92 Å². The molecular formula is C13H19NO2. The highest BCUT2D eigenvalue weighted by Gasteiger charge is 2.15. The number of para-hydroxylation sites is 1. The van der Waals surface area contributed by atoms with Gasteiger partial charge in [-0.05, 0) is 25.8 Å². The Kier molecular flexibility index (Phi) is 3.80. The van der Waals surface area contributed by atoms with Gasteiger partial charge >= 0.3 is 0 Å². The topological polar surface area (TPSA) is 41.5 Å². The first-order valence-electron chi connectivity index (χ1n) is 5.90. The third-order valence-corrected chi connectivity index (χ3v) is 2.96. The van der Waals surface area contributed by atoms with Gasteiger partial charge in [0.15, 0.2) is 0 Å². The van der Waals surface area contributed by atoms with Gasteiger partial charge in [0, 0.05) is 24.4 Å². The molecule has 1 heterocycles. The van der Waals surface area contributed by atoms with Gasteiger partial charge in [-0.25, -0.2) is 0 Å². The Bertz CT molecular complexity index is 332. The zero-order valence-corrected chi connectivity index (χ0v) is 9.65. The SMILES string of the molecule is CC(O)c1ccccc1NCC1CCCO1. The Balaban J connectivity index is 1.97. The normalized spacial score (nSPS) is 22.0. The van der Waals surface area contributed by atoms with Crippen molar-refractivity contribution in [3.63, 3.8) is 0 Å². The number of anilines is 1. The highest BCUT2D eigenvalue weighted by molar-refractivity contribution is 5.52. The van der Waals surface area contributed by atoms with Gasteiger partial charge in [-0.15, -0.1) is 0 Å². The van der Waals surface area contributed by atoms with Crippen molar-refractivity contribution in [2.45, 2.75) is 32.0 Å². The zero-order valence-electron chi connectivity index (χ0n) is 9.65. The third kappa shape index (κ3) is 2.74. The second kappa shape index (κ2) is 5.32. The summed E-state index contributed by atoms with van der Waals surface area (Å²) in [4.78, 5) is 0. The van der Waals surface area contributed by atoms with Crippen LogP contribution in [0.5, 0.6) is 0 Å². The van der Waals surface area contributed by atoms with Crippen LogP contribution in [0.2, 0.25) is 0 Å². The van der Waals surface area contributed by atoms with Crippen LogP contribution >= 0.6 is 0 Å². The van der Waals surface area contributed by atoms with Crippen molar-refractivity contribution in [2.24, 2.45) is 0 Å². The standard InChI is InChI=1S/C13H19NO2/c1-10(15)12-6-2-3-7-13(12)14-9-11-5-4-8-16-11/h2-3,6-7,10-11,14-15H,4-5,8-9H2,1H3. The largest absolute Gasteiger partial charge is 0.389 e. The first-order chi connectivity index (χ1) is 7.77. The van der Waals surface area contributed by atoms with E-state index in [0.29, 0.717) is 6.10 Å². The Hall–Kier alpha value is -1.06. The third-order valence-electron chi connectivity index (χ3n) is 2.96. The lowest BCUT2D eigenvalue weighted by molar-refractivity contribution is 0.120. The van der Waals surface area contributed by atoms with Crippen LogP contribution in [-0.2, 0) is 4.74 Å². The molecule has 0 aromatic heterocycles. The van der Waals surface area contributed by atoms with Crippen LogP contribution in [0, 0.1) is 0 Å². The number of hydrogen-bond acceptors (Lipinski definition) is 3. The predicted octanol–water partition coefficient (Wildman–Crippen LogP) is 2.33. The van der Waals surface area contributed by atoms with Gasteiger partial charge in [0.1, 0.15) is 0 Å². The van der Waals surface area contributed by atoms with E-state index < -0.39 is 6.10 Å². The van der Waals surface area contributed by atoms with E-state index in [1.165, 1.54) is 0 Å². The first kappa shape index (κ1) is 11.4. The van der Waals surface area contributed by atoms with Crippen LogP contribution in [0.1, 0.15) is 31.4 Å². The van der Waals surface area contributed by atoms with E-state index in [4.69, 9.17) is 4.74 Å².